The number of rotatable bonds is 7. The zero-order valence-electron chi connectivity index (χ0n) is 18.2. The summed E-state index contributed by atoms with van der Waals surface area (Å²) in [7, 11) is 0. The van der Waals surface area contributed by atoms with Crippen molar-refractivity contribution in [1.29, 1.82) is 0 Å². The molecule has 32 heavy (non-hydrogen) atoms. The molecule has 8 heteroatoms. The Morgan fingerprint density at radius 3 is 2.66 bits per heavy atom. The number of nitrogens with zero attached hydrogens (tertiary/aromatic N) is 4. The van der Waals surface area contributed by atoms with E-state index in [0.29, 0.717) is 28.7 Å². The molecule has 0 bridgehead atoms. The highest BCUT2D eigenvalue weighted by atomic mass is 35.5. The highest BCUT2D eigenvalue weighted by Gasteiger charge is 2.11. The van der Waals surface area contributed by atoms with Crippen LogP contribution < -0.4 is 10.1 Å². The zero-order valence-corrected chi connectivity index (χ0v) is 18.9. The molecular formula is C24H24ClN5O2. The topological polar surface area (TPSA) is 74.0 Å². The van der Waals surface area contributed by atoms with Gasteiger partial charge in [-0.15, -0.1) is 0 Å². The average Bonchev–Trinajstić information content (AvgIpc) is 3.35. The maximum atomic E-state index is 12.7. The Bertz CT molecular complexity index is 1260. The van der Waals surface area contributed by atoms with Gasteiger partial charge in [-0.3, -0.25) is 9.48 Å². The van der Waals surface area contributed by atoms with Crippen LogP contribution in [-0.4, -0.2) is 25.5 Å². The van der Waals surface area contributed by atoms with Crippen molar-refractivity contribution < 1.29 is 9.53 Å². The Balaban J connectivity index is 1.37. The van der Waals surface area contributed by atoms with Crippen LogP contribution in [0.25, 0.3) is 0 Å². The minimum Gasteiger partial charge on any atom is -0.471 e. The third-order valence-electron chi connectivity index (χ3n) is 4.99. The number of halogens is 1. The highest BCUT2D eigenvalue weighted by molar-refractivity contribution is 6.31. The van der Waals surface area contributed by atoms with E-state index >= 15 is 0 Å². The average molecular weight is 450 g/mol. The molecule has 164 valence electrons. The van der Waals surface area contributed by atoms with E-state index in [-0.39, 0.29) is 12.6 Å². The van der Waals surface area contributed by atoms with Crippen LogP contribution >= 0.6 is 11.6 Å². The van der Waals surface area contributed by atoms with Gasteiger partial charge in [0.05, 0.1) is 12.2 Å². The Morgan fingerprint density at radius 2 is 1.91 bits per heavy atom. The van der Waals surface area contributed by atoms with Gasteiger partial charge in [-0.05, 0) is 74.4 Å². The molecule has 0 radical (unpaired) electrons. The summed E-state index contributed by atoms with van der Waals surface area (Å²) in [5.41, 5.74) is 5.08. The van der Waals surface area contributed by atoms with E-state index in [0.717, 1.165) is 22.5 Å². The van der Waals surface area contributed by atoms with Gasteiger partial charge in [0, 0.05) is 22.6 Å². The molecule has 4 aromatic rings. The quantitative estimate of drug-likeness (QED) is 0.431. The van der Waals surface area contributed by atoms with E-state index in [9.17, 15) is 4.79 Å². The van der Waals surface area contributed by atoms with Crippen LogP contribution in [0.4, 0.5) is 5.69 Å². The number of aryl methyl sites for hydroxylation is 3. The van der Waals surface area contributed by atoms with E-state index in [1.807, 2.05) is 61.9 Å². The van der Waals surface area contributed by atoms with Gasteiger partial charge < -0.3 is 10.1 Å². The van der Waals surface area contributed by atoms with Gasteiger partial charge in [0.25, 0.3) is 5.91 Å². The predicted octanol–water partition coefficient (Wildman–Crippen LogP) is 5.00. The van der Waals surface area contributed by atoms with Crippen molar-refractivity contribution in [3.8, 4) is 5.75 Å². The van der Waals surface area contributed by atoms with Crippen LogP contribution in [0.2, 0.25) is 5.02 Å². The first kappa shape index (κ1) is 21.6. The molecule has 0 aliphatic carbocycles. The van der Waals surface area contributed by atoms with E-state index in [1.165, 1.54) is 0 Å². The smallest absolute Gasteiger partial charge is 0.276 e. The van der Waals surface area contributed by atoms with Crippen LogP contribution in [0.5, 0.6) is 5.75 Å². The molecule has 0 spiro atoms. The van der Waals surface area contributed by atoms with Gasteiger partial charge >= 0.3 is 0 Å². The fourth-order valence-electron chi connectivity index (χ4n) is 3.35. The summed E-state index contributed by atoms with van der Waals surface area (Å²) >= 11 is 6.04. The number of carbonyl (C=O) groups excluding carboxylic acids is 1. The first-order valence-electron chi connectivity index (χ1n) is 10.2. The second-order valence-electron chi connectivity index (χ2n) is 7.66. The van der Waals surface area contributed by atoms with E-state index in [4.69, 9.17) is 16.3 Å². The molecule has 2 heterocycles. The van der Waals surface area contributed by atoms with Crippen LogP contribution in [0.1, 0.15) is 33.0 Å². The molecule has 7 nitrogen and oxygen atoms in total. The second kappa shape index (κ2) is 9.28. The van der Waals surface area contributed by atoms with Crippen molar-refractivity contribution in [3.05, 3.63) is 94.0 Å². The van der Waals surface area contributed by atoms with E-state index in [1.54, 1.807) is 29.1 Å². The van der Waals surface area contributed by atoms with Crippen LogP contribution in [0.15, 0.2) is 60.8 Å². The SMILES string of the molecule is Cc1cc(C)n(Cc2cccc(NC(=O)c3ccn(COc4ccc(Cl)c(C)c4)n3)c2)n1. The monoisotopic (exact) mass is 449 g/mol. The van der Waals surface area contributed by atoms with Gasteiger partial charge in [0.2, 0.25) is 0 Å². The van der Waals surface area contributed by atoms with Crippen molar-refractivity contribution in [3.63, 3.8) is 0 Å². The summed E-state index contributed by atoms with van der Waals surface area (Å²) in [5.74, 6) is 0.405. The van der Waals surface area contributed by atoms with Crippen LogP contribution in [0, 0.1) is 20.8 Å². The summed E-state index contributed by atoms with van der Waals surface area (Å²) in [6, 6.07) is 16.9. The highest BCUT2D eigenvalue weighted by Crippen LogP contribution is 2.21. The number of hydrogen-bond donors (Lipinski definition) is 1. The van der Waals surface area contributed by atoms with Gasteiger partial charge in [0.1, 0.15) is 5.75 Å². The molecule has 2 aromatic carbocycles. The second-order valence-corrected chi connectivity index (χ2v) is 8.07. The Kier molecular flexibility index (Phi) is 6.28. The molecule has 1 amide bonds. The molecule has 0 aliphatic rings. The lowest BCUT2D eigenvalue weighted by Gasteiger charge is -2.09. The fourth-order valence-corrected chi connectivity index (χ4v) is 3.47. The maximum absolute atomic E-state index is 12.7. The predicted molar refractivity (Wildman–Crippen MR) is 124 cm³/mol. The number of benzene rings is 2. The third-order valence-corrected chi connectivity index (χ3v) is 5.41. The van der Waals surface area contributed by atoms with Crippen molar-refractivity contribution in [2.24, 2.45) is 0 Å². The lowest BCUT2D eigenvalue weighted by atomic mass is 10.2. The first-order valence-corrected chi connectivity index (χ1v) is 10.6. The van der Waals surface area contributed by atoms with Crippen molar-refractivity contribution in [2.75, 3.05) is 5.32 Å². The van der Waals surface area contributed by atoms with Gasteiger partial charge in [-0.25, -0.2) is 4.68 Å². The van der Waals surface area contributed by atoms with Crippen LogP contribution in [-0.2, 0) is 13.3 Å². The standard InChI is InChI=1S/C24H24ClN5O2/c1-16-11-21(7-8-22(16)25)32-15-29-10-9-23(28-29)24(31)26-20-6-4-5-19(13-20)14-30-18(3)12-17(2)27-30/h4-13H,14-15H2,1-3H3,(H,26,31). The van der Waals surface area contributed by atoms with Crippen LogP contribution in [0.3, 0.4) is 0 Å². The number of ether oxygens (including phenoxy) is 1. The number of aromatic nitrogens is 4. The number of amides is 1. The van der Waals surface area contributed by atoms with Gasteiger partial charge in [-0.2, -0.15) is 10.2 Å². The number of hydrogen-bond acceptors (Lipinski definition) is 4. The molecule has 0 atom stereocenters. The maximum Gasteiger partial charge on any atom is 0.276 e. The summed E-state index contributed by atoms with van der Waals surface area (Å²) < 4.78 is 9.24. The fraction of sp³-hybridized carbons (Fsp3) is 0.208. The molecule has 0 aliphatic heterocycles. The molecule has 0 saturated carbocycles. The minimum absolute atomic E-state index is 0.187. The molecule has 4 rings (SSSR count). The summed E-state index contributed by atoms with van der Waals surface area (Å²) in [6.45, 7) is 6.74. The van der Waals surface area contributed by atoms with Crippen molar-refractivity contribution in [1.82, 2.24) is 19.6 Å². The third kappa shape index (κ3) is 5.18. The summed E-state index contributed by atoms with van der Waals surface area (Å²) in [5, 5.41) is 12.4. The number of anilines is 1. The normalized spacial score (nSPS) is 10.9. The Labute approximate surface area is 191 Å². The van der Waals surface area contributed by atoms with E-state index in [2.05, 4.69) is 15.5 Å². The van der Waals surface area contributed by atoms with Gasteiger partial charge in [-0.1, -0.05) is 23.7 Å². The minimum atomic E-state index is -0.283. The van der Waals surface area contributed by atoms with E-state index < -0.39 is 0 Å². The lowest BCUT2D eigenvalue weighted by Crippen LogP contribution is -2.14. The Morgan fingerprint density at radius 1 is 1.06 bits per heavy atom. The molecule has 0 unspecified atom stereocenters. The molecular weight excluding hydrogens is 426 g/mol. The summed E-state index contributed by atoms with van der Waals surface area (Å²) in [4.78, 5) is 12.7. The van der Waals surface area contributed by atoms with Crippen molar-refractivity contribution in [2.45, 2.75) is 34.0 Å². The number of carbonyl (C=O) groups is 1. The molecule has 0 saturated heterocycles. The summed E-state index contributed by atoms with van der Waals surface area (Å²) in [6.07, 6.45) is 1.71. The lowest BCUT2D eigenvalue weighted by molar-refractivity contribution is 0.102. The Hall–Kier alpha value is -3.58. The first-order chi connectivity index (χ1) is 15.4. The van der Waals surface area contributed by atoms with Crippen molar-refractivity contribution >= 4 is 23.2 Å². The molecule has 1 N–H and O–H groups in total. The zero-order chi connectivity index (χ0) is 22.7. The largest absolute Gasteiger partial charge is 0.471 e. The molecule has 2 aromatic heterocycles. The van der Waals surface area contributed by atoms with Gasteiger partial charge in [0.15, 0.2) is 12.4 Å². The number of nitrogens with one attached hydrogen (secondary N) is 1. The molecule has 0 fully saturated rings.